The van der Waals surface area contributed by atoms with Crippen LogP contribution in [0.4, 0.5) is 0 Å². The maximum atomic E-state index is 3.82. The van der Waals surface area contributed by atoms with E-state index in [0.29, 0.717) is 6.04 Å². The van der Waals surface area contributed by atoms with Crippen molar-refractivity contribution in [2.45, 2.75) is 71.9 Å². The van der Waals surface area contributed by atoms with Gasteiger partial charge < -0.3 is 5.32 Å². The monoisotopic (exact) mass is 266 g/mol. The summed E-state index contributed by atoms with van der Waals surface area (Å²) < 4.78 is 0. The van der Waals surface area contributed by atoms with Crippen LogP contribution in [0.5, 0.6) is 0 Å². The highest BCUT2D eigenvalue weighted by atomic mass is 15.2. The second-order valence-electron chi connectivity index (χ2n) is 7.66. The van der Waals surface area contributed by atoms with E-state index in [0.717, 1.165) is 23.8 Å². The van der Waals surface area contributed by atoms with Crippen molar-refractivity contribution in [2.75, 3.05) is 19.6 Å². The van der Waals surface area contributed by atoms with Crippen molar-refractivity contribution in [1.82, 2.24) is 10.2 Å². The molecular formula is C17H34N2. The molecular weight excluding hydrogens is 232 g/mol. The van der Waals surface area contributed by atoms with E-state index in [9.17, 15) is 0 Å². The first-order valence-corrected chi connectivity index (χ1v) is 8.52. The average Bonchev–Trinajstić information content (AvgIpc) is 3.12. The van der Waals surface area contributed by atoms with Crippen LogP contribution < -0.4 is 5.32 Å². The average molecular weight is 266 g/mol. The molecule has 0 bridgehead atoms. The SMILES string of the molecule is CC(C)CCNC1CC(CC2CC2)CN(C(C)C)C1. The van der Waals surface area contributed by atoms with Crippen molar-refractivity contribution in [1.29, 1.82) is 0 Å². The van der Waals surface area contributed by atoms with E-state index < -0.39 is 0 Å². The molecule has 19 heavy (non-hydrogen) atoms. The van der Waals surface area contributed by atoms with E-state index in [1.165, 1.54) is 51.7 Å². The molecule has 2 heteroatoms. The minimum Gasteiger partial charge on any atom is -0.313 e. The Bertz CT molecular complexity index is 258. The lowest BCUT2D eigenvalue weighted by molar-refractivity contribution is 0.104. The summed E-state index contributed by atoms with van der Waals surface area (Å²) >= 11 is 0. The Hall–Kier alpha value is -0.0800. The molecule has 2 atom stereocenters. The van der Waals surface area contributed by atoms with Crippen LogP contribution in [-0.4, -0.2) is 36.6 Å². The van der Waals surface area contributed by atoms with Gasteiger partial charge in [-0.15, -0.1) is 0 Å². The van der Waals surface area contributed by atoms with E-state index in [2.05, 4.69) is 37.9 Å². The summed E-state index contributed by atoms with van der Waals surface area (Å²) in [5, 5.41) is 3.82. The molecule has 0 aromatic heterocycles. The first-order chi connectivity index (χ1) is 9.04. The van der Waals surface area contributed by atoms with E-state index in [1.54, 1.807) is 0 Å². The molecule has 0 aromatic rings. The fourth-order valence-corrected chi connectivity index (χ4v) is 3.38. The van der Waals surface area contributed by atoms with Crippen LogP contribution in [0.15, 0.2) is 0 Å². The minimum absolute atomic E-state index is 0.705. The molecule has 1 saturated heterocycles. The second kappa shape index (κ2) is 7.08. The van der Waals surface area contributed by atoms with Crippen molar-refractivity contribution < 1.29 is 0 Å². The number of nitrogens with zero attached hydrogens (tertiary/aromatic N) is 1. The predicted octanol–water partition coefficient (Wildman–Crippen LogP) is 3.52. The Balaban J connectivity index is 1.79. The standard InChI is InChI=1S/C17H34N2/c1-13(2)7-8-18-17-10-16(9-15-5-6-15)11-19(12-17)14(3)4/h13-18H,5-12H2,1-4H3. The highest BCUT2D eigenvalue weighted by Gasteiger charge is 2.32. The van der Waals surface area contributed by atoms with E-state index in [-0.39, 0.29) is 0 Å². The lowest BCUT2D eigenvalue weighted by atomic mass is 9.89. The maximum absolute atomic E-state index is 3.82. The van der Waals surface area contributed by atoms with Gasteiger partial charge in [0, 0.05) is 25.2 Å². The molecule has 2 nitrogen and oxygen atoms in total. The van der Waals surface area contributed by atoms with Crippen molar-refractivity contribution in [3.63, 3.8) is 0 Å². The Morgan fingerprint density at radius 3 is 2.37 bits per heavy atom. The fourth-order valence-electron chi connectivity index (χ4n) is 3.38. The molecule has 112 valence electrons. The minimum atomic E-state index is 0.705. The van der Waals surface area contributed by atoms with Gasteiger partial charge in [0.15, 0.2) is 0 Å². The number of likely N-dealkylation sites (tertiary alicyclic amines) is 1. The smallest absolute Gasteiger partial charge is 0.0198 e. The van der Waals surface area contributed by atoms with Crippen molar-refractivity contribution in [2.24, 2.45) is 17.8 Å². The van der Waals surface area contributed by atoms with Gasteiger partial charge in [0.05, 0.1) is 0 Å². The van der Waals surface area contributed by atoms with Gasteiger partial charge in [0.25, 0.3) is 0 Å². The van der Waals surface area contributed by atoms with Crippen LogP contribution >= 0.6 is 0 Å². The van der Waals surface area contributed by atoms with E-state index in [1.807, 2.05) is 0 Å². The van der Waals surface area contributed by atoms with Crippen molar-refractivity contribution >= 4 is 0 Å². The Kier molecular flexibility index (Phi) is 5.70. The molecule has 2 fully saturated rings. The number of nitrogens with one attached hydrogen (secondary N) is 1. The molecule has 1 heterocycles. The molecule has 2 aliphatic rings. The summed E-state index contributed by atoms with van der Waals surface area (Å²) in [6, 6.07) is 1.44. The zero-order valence-corrected chi connectivity index (χ0v) is 13.5. The van der Waals surface area contributed by atoms with Crippen molar-refractivity contribution in [3.8, 4) is 0 Å². The van der Waals surface area contributed by atoms with Gasteiger partial charge in [-0.1, -0.05) is 26.7 Å². The highest BCUT2D eigenvalue weighted by Crippen LogP contribution is 2.38. The first-order valence-electron chi connectivity index (χ1n) is 8.52. The number of hydrogen-bond donors (Lipinski definition) is 1. The third-order valence-electron chi connectivity index (χ3n) is 4.81. The molecule has 0 amide bonds. The number of rotatable bonds is 7. The van der Waals surface area contributed by atoms with Crippen molar-refractivity contribution in [3.05, 3.63) is 0 Å². The molecule has 2 unspecified atom stereocenters. The van der Waals surface area contributed by atoms with Gasteiger partial charge in [0.2, 0.25) is 0 Å². The molecule has 1 N–H and O–H groups in total. The fraction of sp³-hybridized carbons (Fsp3) is 1.00. The van der Waals surface area contributed by atoms with Gasteiger partial charge >= 0.3 is 0 Å². The molecule has 2 rings (SSSR count). The van der Waals surface area contributed by atoms with Crippen LogP contribution in [-0.2, 0) is 0 Å². The van der Waals surface area contributed by atoms with Gasteiger partial charge in [-0.2, -0.15) is 0 Å². The molecule has 1 saturated carbocycles. The first kappa shape index (κ1) is 15.3. The quantitative estimate of drug-likeness (QED) is 0.758. The van der Waals surface area contributed by atoms with E-state index >= 15 is 0 Å². The molecule has 0 radical (unpaired) electrons. The summed E-state index contributed by atoms with van der Waals surface area (Å²) in [6.07, 6.45) is 7.22. The van der Waals surface area contributed by atoms with Gasteiger partial charge in [-0.05, 0) is 57.4 Å². The van der Waals surface area contributed by atoms with Gasteiger partial charge in [-0.25, -0.2) is 0 Å². The number of hydrogen-bond acceptors (Lipinski definition) is 2. The highest BCUT2D eigenvalue weighted by molar-refractivity contribution is 4.88. The van der Waals surface area contributed by atoms with Gasteiger partial charge in [-0.3, -0.25) is 4.90 Å². The lowest BCUT2D eigenvalue weighted by Gasteiger charge is -2.40. The largest absolute Gasteiger partial charge is 0.313 e. The molecule has 0 aromatic carbocycles. The summed E-state index contributed by atoms with van der Waals surface area (Å²) in [7, 11) is 0. The zero-order chi connectivity index (χ0) is 13.8. The predicted molar refractivity (Wildman–Crippen MR) is 83.4 cm³/mol. The zero-order valence-electron chi connectivity index (χ0n) is 13.5. The summed E-state index contributed by atoms with van der Waals surface area (Å²) in [4.78, 5) is 2.70. The molecule has 1 aliphatic carbocycles. The summed E-state index contributed by atoms with van der Waals surface area (Å²) in [5.74, 6) is 2.84. The van der Waals surface area contributed by atoms with Gasteiger partial charge in [0.1, 0.15) is 0 Å². The van der Waals surface area contributed by atoms with E-state index in [4.69, 9.17) is 0 Å². The number of piperidine rings is 1. The van der Waals surface area contributed by atoms with Crippen LogP contribution in [0.1, 0.15) is 59.8 Å². The Morgan fingerprint density at radius 1 is 1.05 bits per heavy atom. The summed E-state index contributed by atoms with van der Waals surface area (Å²) in [5.41, 5.74) is 0. The maximum Gasteiger partial charge on any atom is 0.0198 e. The molecule has 0 spiro atoms. The molecule has 1 aliphatic heterocycles. The lowest BCUT2D eigenvalue weighted by Crippen LogP contribution is -2.51. The Labute approximate surface area is 120 Å². The third kappa shape index (κ3) is 5.43. The van der Waals surface area contributed by atoms with Crippen LogP contribution in [0.25, 0.3) is 0 Å². The van der Waals surface area contributed by atoms with Crippen LogP contribution in [0, 0.1) is 17.8 Å². The normalized spacial score (nSPS) is 29.4. The third-order valence-corrected chi connectivity index (χ3v) is 4.81. The summed E-state index contributed by atoms with van der Waals surface area (Å²) in [6.45, 7) is 13.1. The van der Waals surface area contributed by atoms with Crippen LogP contribution in [0.2, 0.25) is 0 Å². The topological polar surface area (TPSA) is 15.3 Å². The second-order valence-corrected chi connectivity index (χ2v) is 7.66. The van der Waals surface area contributed by atoms with Crippen LogP contribution in [0.3, 0.4) is 0 Å². The Morgan fingerprint density at radius 2 is 1.79 bits per heavy atom.